The van der Waals surface area contributed by atoms with Crippen LogP contribution >= 0.6 is 0 Å². The van der Waals surface area contributed by atoms with Gasteiger partial charge in [-0.25, -0.2) is 4.98 Å². The van der Waals surface area contributed by atoms with Gasteiger partial charge in [-0.15, -0.1) is 13.2 Å². The van der Waals surface area contributed by atoms with Gasteiger partial charge in [-0.05, 0) is 37.5 Å². The Labute approximate surface area is 142 Å². The Balaban J connectivity index is 1.91. The van der Waals surface area contributed by atoms with E-state index < -0.39 is 6.36 Å². The first-order chi connectivity index (χ1) is 11.9. The SMILES string of the molecule is Cc1ncn(C2CC2)c1C(COC=O)c1ccc(OC(F)(F)F)cc1. The second kappa shape index (κ2) is 6.78. The lowest BCUT2D eigenvalue weighted by Gasteiger charge is -2.20. The van der Waals surface area contributed by atoms with E-state index in [1.807, 2.05) is 6.92 Å². The lowest BCUT2D eigenvalue weighted by atomic mass is 9.95. The Bertz CT molecular complexity index is 737. The van der Waals surface area contributed by atoms with Crippen molar-refractivity contribution in [1.82, 2.24) is 9.55 Å². The average Bonchev–Trinajstić information content (AvgIpc) is 3.32. The molecule has 0 spiro atoms. The van der Waals surface area contributed by atoms with Gasteiger partial charge in [-0.1, -0.05) is 12.1 Å². The molecule has 1 aromatic carbocycles. The Hall–Kier alpha value is -2.51. The topological polar surface area (TPSA) is 53.4 Å². The maximum atomic E-state index is 12.3. The molecule has 0 aliphatic heterocycles. The zero-order valence-electron chi connectivity index (χ0n) is 13.5. The van der Waals surface area contributed by atoms with E-state index in [1.165, 1.54) is 12.1 Å². The third-order valence-electron chi connectivity index (χ3n) is 4.14. The number of ether oxygens (including phenoxy) is 2. The van der Waals surface area contributed by atoms with Crippen LogP contribution in [0.3, 0.4) is 0 Å². The van der Waals surface area contributed by atoms with Crippen molar-refractivity contribution in [1.29, 1.82) is 0 Å². The minimum absolute atomic E-state index is 0.0855. The van der Waals surface area contributed by atoms with E-state index in [4.69, 9.17) is 4.74 Å². The molecule has 0 bridgehead atoms. The first-order valence-corrected chi connectivity index (χ1v) is 7.83. The number of nitrogens with zero attached hydrogens (tertiary/aromatic N) is 2. The van der Waals surface area contributed by atoms with Crippen LogP contribution in [0.4, 0.5) is 13.2 Å². The Morgan fingerprint density at radius 1 is 1.32 bits per heavy atom. The van der Waals surface area contributed by atoms with Crippen LogP contribution in [0.5, 0.6) is 5.75 Å². The van der Waals surface area contributed by atoms with Gasteiger partial charge in [0.2, 0.25) is 0 Å². The van der Waals surface area contributed by atoms with Gasteiger partial charge in [-0.3, -0.25) is 4.79 Å². The lowest BCUT2D eigenvalue weighted by molar-refractivity contribution is -0.274. The van der Waals surface area contributed by atoms with E-state index >= 15 is 0 Å². The lowest BCUT2D eigenvalue weighted by Crippen LogP contribution is -2.17. The fourth-order valence-corrected chi connectivity index (χ4v) is 2.91. The van der Waals surface area contributed by atoms with Crippen molar-refractivity contribution in [3.63, 3.8) is 0 Å². The van der Waals surface area contributed by atoms with Gasteiger partial charge in [0.1, 0.15) is 12.4 Å². The zero-order valence-corrected chi connectivity index (χ0v) is 13.5. The summed E-state index contributed by atoms with van der Waals surface area (Å²) >= 11 is 0. The van der Waals surface area contributed by atoms with Gasteiger partial charge in [0.25, 0.3) is 6.47 Å². The van der Waals surface area contributed by atoms with Crippen LogP contribution in [0.2, 0.25) is 0 Å². The molecule has 8 heteroatoms. The molecule has 1 aromatic heterocycles. The van der Waals surface area contributed by atoms with Crippen molar-refractivity contribution in [2.75, 3.05) is 6.61 Å². The van der Waals surface area contributed by atoms with Crippen molar-refractivity contribution in [2.24, 2.45) is 0 Å². The van der Waals surface area contributed by atoms with Gasteiger partial charge in [0.15, 0.2) is 0 Å². The first-order valence-electron chi connectivity index (χ1n) is 7.83. The summed E-state index contributed by atoms with van der Waals surface area (Å²) in [4.78, 5) is 15.0. The Morgan fingerprint density at radius 3 is 2.56 bits per heavy atom. The largest absolute Gasteiger partial charge is 0.573 e. The van der Waals surface area contributed by atoms with Crippen LogP contribution in [0, 0.1) is 6.92 Å². The number of aryl methyl sites for hydroxylation is 1. The molecule has 3 rings (SSSR count). The number of halogens is 3. The summed E-state index contributed by atoms with van der Waals surface area (Å²) in [6.45, 7) is 2.31. The number of benzene rings is 1. The van der Waals surface area contributed by atoms with Gasteiger partial charge < -0.3 is 14.0 Å². The van der Waals surface area contributed by atoms with Crippen molar-refractivity contribution in [2.45, 2.75) is 38.1 Å². The first kappa shape index (κ1) is 17.3. The van der Waals surface area contributed by atoms with E-state index in [1.54, 1.807) is 18.5 Å². The molecule has 2 aromatic rings. The highest BCUT2D eigenvalue weighted by Gasteiger charge is 2.32. The second-order valence-electron chi connectivity index (χ2n) is 5.95. The molecule has 1 heterocycles. The van der Waals surface area contributed by atoms with Crippen LogP contribution < -0.4 is 4.74 Å². The van der Waals surface area contributed by atoms with E-state index in [-0.39, 0.29) is 18.3 Å². The number of hydrogen-bond donors (Lipinski definition) is 0. The summed E-state index contributed by atoms with van der Waals surface area (Å²) < 4.78 is 47.8. The number of rotatable bonds is 7. The molecule has 134 valence electrons. The summed E-state index contributed by atoms with van der Waals surface area (Å²) in [5.74, 6) is -0.605. The second-order valence-corrected chi connectivity index (χ2v) is 5.95. The molecular weight excluding hydrogens is 337 g/mol. The highest BCUT2D eigenvalue weighted by Crippen LogP contribution is 2.40. The minimum atomic E-state index is -4.73. The smallest absolute Gasteiger partial charge is 0.467 e. The predicted octanol–water partition coefficient (Wildman–Crippen LogP) is 3.73. The molecule has 1 saturated carbocycles. The zero-order chi connectivity index (χ0) is 18.0. The molecule has 0 amide bonds. The Kier molecular flexibility index (Phi) is 4.69. The normalized spacial score (nSPS) is 15.7. The molecule has 1 unspecified atom stereocenters. The number of carbonyl (C=O) groups excluding carboxylic acids is 1. The molecule has 5 nitrogen and oxygen atoms in total. The molecule has 0 saturated heterocycles. The van der Waals surface area contributed by atoms with Gasteiger partial charge in [0, 0.05) is 6.04 Å². The highest BCUT2D eigenvalue weighted by atomic mass is 19.4. The van der Waals surface area contributed by atoms with Crippen LogP contribution in [-0.2, 0) is 9.53 Å². The number of imidazole rings is 1. The van der Waals surface area contributed by atoms with Crippen molar-refractivity contribution in [3.05, 3.63) is 47.5 Å². The van der Waals surface area contributed by atoms with Crippen LogP contribution in [-0.4, -0.2) is 29.0 Å². The standard InChI is InChI=1S/C17H17F3N2O3/c1-11-16(22(9-21-11)13-4-5-13)15(8-24-10-23)12-2-6-14(7-3-12)25-17(18,19)20/h2-3,6-7,9-10,13,15H,4-5,8H2,1H3. The van der Waals surface area contributed by atoms with E-state index in [9.17, 15) is 18.0 Å². The molecule has 0 radical (unpaired) electrons. The van der Waals surface area contributed by atoms with E-state index in [0.29, 0.717) is 12.5 Å². The molecule has 1 aliphatic carbocycles. The average molecular weight is 354 g/mol. The number of aromatic nitrogens is 2. The summed E-state index contributed by atoms with van der Waals surface area (Å²) in [5.41, 5.74) is 2.44. The fraction of sp³-hybridized carbons (Fsp3) is 0.412. The molecule has 1 atom stereocenters. The Morgan fingerprint density at radius 2 is 2.00 bits per heavy atom. The molecule has 0 N–H and O–H groups in total. The van der Waals surface area contributed by atoms with E-state index in [0.717, 1.165) is 29.8 Å². The maximum absolute atomic E-state index is 12.3. The number of hydrogen-bond acceptors (Lipinski definition) is 4. The van der Waals surface area contributed by atoms with Gasteiger partial charge in [0.05, 0.1) is 23.6 Å². The molecule has 25 heavy (non-hydrogen) atoms. The number of alkyl halides is 3. The molecular formula is C17H17F3N2O3. The van der Waals surface area contributed by atoms with Crippen LogP contribution in [0.15, 0.2) is 30.6 Å². The monoisotopic (exact) mass is 354 g/mol. The maximum Gasteiger partial charge on any atom is 0.573 e. The highest BCUT2D eigenvalue weighted by molar-refractivity contribution is 5.40. The quantitative estimate of drug-likeness (QED) is 0.711. The van der Waals surface area contributed by atoms with Crippen molar-refractivity contribution in [3.8, 4) is 5.75 Å². The van der Waals surface area contributed by atoms with Gasteiger partial charge >= 0.3 is 6.36 Å². The third-order valence-corrected chi connectivity index (χ3v) is 4.14. The predicted molar refractivity (Wildman–Crippen MR) is 82.2 cm³/mol. The number of carbonyl (C=O) groups is 1. The molecule has 1 aliphatic rings. The van der Waals surface area contributed by atoms with E-state index in [2.05, 4.69) is 14.3 Å². The van der Waals surface area contributed by atoms with Crippen LogP contribution in [0.1, 0.15) is 41.8 Å². The summed E-state index contributed by atoms with van der Waals surface area (Å²) in [5, 5.41) is 0. The fourth-order valence-electron chi connectivity index (χ4n) is 2.91. The summed E-state index contributed by atoms with van der Waals surface area (Å²) in [7, 11) is 0. The molecule has 1 fully saturated rings. The van der Waals surface area contributed by atoms with Crippen LogP contribution in [0.25, 0.3) is 0 Å². The van der Waals surface area contributed by atoms with Crippen molar-refractivity contribution < 1.29 is 27.4 Å². The summed E-state index contributed by atoms with van der Waals surface area (Å²) in [6, 6.07) is 5.98. The third kappa shape index (κ3) is 4.12. The summed E-state index contributed by atoms with van der Waals surface area (Å²) in [6.07, 6.45) is -0.856. The van der Waals surface area contributed by atoms with Gasteiger partial charge in [-0.2, -0.15) is 0 Å². The van der Waals surface area contributed by atoms with Crippen molar-refractivity contribution >= 4 is 6.47 Å². The minimum Gasteiger partial charge on any atom is -0.467 e.